The monoisotopic (exact) mass is 453 g/mol. The zero-order valence-corrected chi connectivity index (χ0v) is 18.6. The van der Waals surface area contributed by atoms with Gasteiger partial charge in [0.1, 0.15) is 0 Å². The van der Waals surface area contributed by atoms with Crippen molar-refractivity contribution < 1.29 is 0 Å². The molecule has 1 aromatic heterocycles. The third-order valence-corrected chi connectivity index (χ3v) is 4.26. The Morgan fingerprint density at radius 1 is 1.26 bits per heavy atom. The van der Waals surface area contributed by atoms with Gasteiger partial charge in [-0.25, -0.2) is 9.98 Å². The van der Waals surface area contributed by atoms with Crippen molar-refractivity contribution in [3.8, 4) is 0 Å². The smallest absolute Gasteiger partial charge is 0.191 e. The second-order valence-corrected chi connectivity index (χ2v) is 7.98. The minimum Gasteiger partial charge on any atom is -0.357 e. The summed E-state index contributed by atoms with van der Waals surface area (Å²) in [4.78, 5) is 12.6. The van der Waals surface area contributed by atoms with Crippen LogP contribution in [0.2, 0.25) is 0 Å². The van der Waals surface area contributed by atoms with Gasteiger partial charge in [0.25, 0.3) is 0 Å². The molecule has 0 radical (unpaired) electrons. The summed E-state index contributed by atoms with van der Waals surface area (Å²) in [5, 5.41) is 7.88. The summed E-state index contributed by atoms with van der Waals surface area (Å²) < 4.78 is 0. The molecule has 0 aromatic carbocycles. The summed E-state index contributed by atoms with van der Waals surface area (Å²) >= 11 is 1.73. The van der Waals surface area contributed by atoms with Crippen LogP contribution in [0.3, 0.4) is 0 Å². The molecule has 0 spiro atoms. The third-order valence-electron chi connectivity index (χ3n) is 3.20. The second-order valence-electron chi connectivity index (χ2n) is 6.69. The molecule has 0 aliphatic rings. The zero-order chi connectivity index (χ0) is 16.8. The van der Waals surface area contributed by atoms with Gasteiger partial charge in [-0.05, 0) is 40.3 Å². The summed E-state index contributed by atoms with van der Waals surface area (Å²) in [6, 6.07) is 0. The SMILES string of the molecule is CCNC(=NCc1sc(C)nc1C)NCC(C)(C)CN(C)C.I. The maximum absolute atomic E-state index is 4.69. The molecule has 1 heterocycles. The topological polar surface area (TPSA) is 52.6 Å². The number of rotatable bonds is 7. The van der Waals surface area contributed by atoms with Gasteiger partial charge in [0.05, 0.1) is 17.2 Å². The molecule has 0 bridgehead atoms. The molecule has 1 rings (SSSR count). The molecule has 134 valence electrons. The fourth-order valence-corrected chi connectivity index (χ4v) is 3.31. The number of nitrogens with zero attached hydrogens (tertiary/aromatic N) is 3. The molecule has 0 atom stereocenters. The first-order valence-electron chi connectivity index (χ1n) is 7.83. The highest BCUT2D eigenvalue weighted by Gasteiger charge is 2.19. The lowest BCUT2D eigenvalue weighted by Crippen LogP contribution is -2.44. The molecule has 1 aromatic rings. The normalized spacial score (nSPS) is 12.3. The Morgan fingerprint density at radius 2 is 1.91 bits per heavy atom. The molecule has 0 unspecified atom stereocenters. The molecule has 7 heteroatoms. The molecule has 0 fully saturated rings. The number of guanidine groups is 1. The van der Waals surface area contributed by atoms with Crippen molar-refractivity contribution in [2.24, 2.45) is 10.4 Å². The van der Waals surface area contributed by atoms with Crippen LogP contribution < -0.4 is 10.6 Å². The standard InChI is InChI=1S/C16H31N5S.HI/c1-8-17-15(19-10-16(4,5)11-21(6)7)18-9-14-12(2)20-13(3)22-14;/h8-11H2,1-7H3,(H2,17,18,19);1H. The maximum atomic E-state index is 4.69. The number of aryl methyl sites for hydroxylation is 2. The van der Waals surface area contributed by atoms with E-state index in [1.165, 1.54) is 4.88 Å². The minimum atomic E-state index is 0. The van der Waals surface area contributed by atoms with Gasteiger partial charge in [-0.2, -0.15) is 0 Å². The van der Waals surface area contributed by atoms with E-state index in [-0.39, 0.29) is 29.4 Å². The first-order valence-corrected chi connectivity index (χ1v) is 8.65. The Labute approximate surface area is 162 Å². The summed E-state index contributed by atoms with van der Waals surface area (Å²) in [7, 11) is 4.21. The first kappa shape index (κ1) is 22.6. The lowest BCUT2D eigenvalue weighted by molar-refractivity contribution is 0.241. The van der Waals surface area contributed by atoms with Crippen molar-refractivity contribution in [2.75, 3.05) is 33.7 Å². The van der Waals surface area contributed by atoms with E-state index in [1.807, 2.05) is 6.92 Å². The van der Waals surface area contributed by atoms with Crippen LogP contribution in [0, 0.1) is 19.3 Å². The highest BCUT2D eigenvalue weighted by atomic mass is 127. The van der Waals surface area contributed by atoms with E-state index in [2.05, 4.69) is 62.3 Å². The van der Waals surface area contributed by atoms with Crippen molar-refractivity contribution in [3.05, 3.63) is 15.6 Å². The van der Waals surface area contributed by atoms with Crippen LogP contribution >= 0.6 is 35.3 Å². The van der Waals surface area contributed by atoms with Gasteiger partial charge >= 0.3 is 0 Å². The van der Waals surface area contributed by atoms with Crippen LogP contribution in [0.1, 0.15) is 36.3 Å². The Hall–Kier alpha value is -0.410. The molecule has 0 saturated heterocycles. The number of aliphatic imine (C=N–C) groups is 1. The van der Waals surface area contributed by atoms with Crippen LogP contribution in [0.4, 0.5) is 0 Å². The van der Waals surface area contributed by atoms with E-state index < -0.39 is 0 Å². The van der Waals surface area contributed by atoms with Crippen LogP contribution in [0.15, 0.2) is 4.99 Å². The van der Waals surface area contributed by atoms with Gasteiger partial charge < -0.3 is 15.5 Å². The van der Waals surface area contributed by atoms with E-state index in [9.17, 15) is 0 Å². The molecule has 0 aliphatic heterocycles. The summed E-state index contributed by atoms with van der Waals surface area (Å²) in [5.74, 6) is 0.875. The first-order chi connectivity index (χ1) is 10.2. The molecule has 2 N–H and O–H groups in total. The predicted octanol–water partition coefficient (Wildman–Crippen LogP) is 3.02. The second kappa shape index (κ2) is 10.5. The average molecular weight is 453 g/mol. The van der Waals surface area contributed by atoms with Gasteiger partial charge in [-0.3, -0.25) is 0 Å². The van der Waals surface area contributed by atoms with Crippen molar-refractivity contribution >= 4 is 41.3 Å². The lowest BCUT2D eigenvalue weighted by atomic mass is 9.93. The predicted molar refractivity (Wildman–Crippen MR) is 112 cm³/mol. The van der Waals surface area contributed by atoms with Gasteiger partial charge in [0, 0.05) is 24.5 Å². The minimum absolute atomic E-state index is 0. The van der Waals surface area contributed by atoms with Crippen molar-refractivity contribution in [3.63, 3.8) is 0 Å². The highest BCUT2D eigenvalue weighted by molar-refractivity contribution is 14.0. The molecule has 0 saturated carbocycles. The number of halogens is 1. The molecular formula is C16H32IN5S. The van der Waals surface area contributed by atoms with Crippen LogP contribution in [-0.4, -0.2) is 49.6 Å². The number of thiazole rings is 1. The van der Waals surface area contributed by atoms with Gasteiger partial charge in [-0.1, -0.05) is 13.8 Å². The summed E-state index contributed by atoms with van der Waals surface area (Å²) in [6.07, 6.45) is 0. The summed E-state index contributed by atoms with van der Waals surface area (Å²) in [6.45, 7) is 14.2. The van der Waals surface area contributed by atoms with Crippen molar-refractivity contribution in [2.45, 2.75) is 41.2 Å². The van der Waals surface area contributed by atoms with E-state index in [0.717, 1.165) is 36.3 Å². The Morgan fingerprint density at radius 3 is 2.39 bits per heavy atom. The lowest BCUT2D eigenvalue weighted by Gasteiger charge is -2.29. The van der Waals surface area contributed by atoms with Gasteiger partial charge in [-0.15, -0.1) is 35.3 Å². The number of aromatic nitrogens is 1. The van der Waals surface area contributed by atoms with E-state index >= 15 is 0 Å². The van der Waals surface area contributed by atoms with Crippen LogP contribution in [-0.2, 0) is 6.54 Å². The molecule has 0 amide bonds. The third kappa shape index (κ3) is 8.85. The molecular weight excluding hydrogens is 421 g/mol. The van der Waals surface area contributed by atoms with Crippen molar-refractivity contribution in [1.82, 2.24) is 20.5 Å². The number of hydrogen-bond donors (Lipinski definition) is 2. The molecule has 5 nitrogen and oxygen atoms in total. The van der Waals surface area contributed by atoms with E-state index in [0.29, 0.717) is 6.54 Å². The van der Waals surface area contributed by atoms with E-state index in [1.54, 1.807) is 11.3 Å². The Balaban J connectivity index is 0.00000484. The fraction of sp³-hybridized carbons (Fsp3) is 0.750. The molecule has 23 heavy (non-hydrogen) atoms. The average Bonchev–Trinajstić information content (AvgIpc) is 2.70. The van der Waals surface area contributed by atoms with Crippen molar-refractivity contribution in [1.29, 1.82) is 0 Å². The quantitative estimate of drug-likeness (QED) is 0.379. The van der Waals surface area contributed by atoms with Gasteiger partial charge in [0.15, 0.2) is 5.96 Å². The van der Waals surface area contributed by atoms with Crippen LogP contribution in [0.25, 0.3) is 0 Å². The number of nitrogens with one attached hydrogen (secondary N) is 2. The Kier molecular flexibility index (Phi) is 10.3. The maximum Gasteiger partial charge on any atom is 0.191 e. The Bertz CT molecular complexity index is 497. The fourth-order valence-electron chi connectivity index (χ4n) is 2.45. The van der Waals surface area contributed by atoms with E-state index in [4.69, 9.17) is 4.99 Å². The highest BCUT2D eigenvalue weighted by Crippen LogP contribution is 2.18. The van der Waals surface area contributed by atoms with Crippen LogP contribution in [0.5, 0.6) is 0 Å². The number of hydrogen-bond acceptors (Lipinski definition) is 4. The largest absolute Gasteiger partial charge is 0.357 e. The zero-order valence-electron chi connectivity index (χ0n) is 15.5. The summed E-state index contributed by atoms with van der Waals surface area (Å²) in [5.41, 5.74) is 1.28. The molecule has 0 aliphatic carbocycles. The van der Waals surface area contributed by atoms with Gasteiger partial charge in [0.2, 0.25) is 0 Å².